The van der Waals surface area contributed by atoms with E-state index in [1.807, 2.05) is 48.5 Å². The Hall–Kier alpha value is -2.46. The number of nitrogens with one attached hydrogen (secondary N) is 1. The predicted octanol–water partition coefficient (Wildman–Crippen LogP) is 4.69. The maximum Gasteiger partial charge on any atom is 0.255 e. The third-order valence-corrected chi connectivity index (χ3v) is 3.95. The van der Waals surface area contributed by atoms with Crippen molar-refractivity contribution in [2.45, 2.75) is 6.42 Å². The van der Waals surface area contributed by atoms with Gasteiger partial charge in [0.1, 0.15) is 0 Å². The average molecular weight is 367 g/mol. The van der Waals surface area contributed by atoms with Gasteiger partial charge in [-0.2, -0.15) is 0 Å². The molecule has 0 saturated carbocycles. The lowest BCUT2D eigenvalue weighted by molar-refractivity contribution is 0.102. The van der Waals surface area contributed by atoms with Crippen molar-refractivity contribution in [1.82, 2.24) is 4.98 Å². The summed E-state index contributed by atoms with van der Waals surface area (Å²) in [4.78, 5) is 16.2. The van der Waals surface area contributed by atoms with Gasteiger partial charge in [0, 0.05) is 28.1 Å². The molecule has 3 aromatic rings. The normalized spacial score (nSPS) is 10.3. The van der Waals surface area contributed by atoms with E-state index in [0.717, 1.165) is 16.6 Å². The highest BCUT2D eigenvalue weighted by molar-refractivity contribution is 9.10. The number of hydrogen-bond donors (Lipinski definition) is 1. The maximum absolute atomic E-state index is 12.2. The Bertz CT molecular complexity index is 801. The predicted molar refractivity (Wildman–Crippen MR) is 95.6 cm³/mol. The van der Waals surface area contributed by atoms with E-state index >= 15 is 0 Å². The first-order valence-electron chi connectivity index (χ1n) is 7.25. The molecule has 0 unspecified atom stereocenters. The van der Waals surface area contributed by atoms with Crippen molar-refractivity contribution < 1.29 is 4.79 Å². The van der Waals surface area contributed by atoms with Crippen molar-refractivity contribution in [2.24, 2.45) is 0 Å². The number of halogens is 1. The van der Waals surface area contributed by atoms with Crippen LogP contribution in [-0.2, 0) is 6.42 Å². The van der Waals surface area contributed by atoms with Crippen molar-refractivity contribution in [2.75, 3.05) is 5.32 Å². The fourth-order valence-corrected chi connectivity index (χ4v) is 2.67. The summed E-state index contributed by atoms with van der Waals surface area (Å²) in [7, 11) is 0. The zero-order valence-corrected chi connectivity index (χ0v) is 14.0. The molecule has 23 heavy (non-hydrogen) atoms. The summed E-state index contributed by atoms with van der Waals surface area (Å²) in [5.74, 6) is -0.117. The van der Waals surface area contributed by atoms with Crippen molar-refractivity contribution in [3.63, 3.8) is 0 Å². The van der Waals surface area contributed by atoms with Gasteiger partial charge in [-0.05, 0) is 60.0 Å². The summed E-state index contributed by atoms with van der Waals surface area (Å²) < 4.78 is 0.887. The highest BCUT2D eigenvalue weighted by Gasteiger charge is 2.06. The number of benzene rings is 2. The van der Waals surface area contributed by atoms with Crippen LogP contribution in [0.2, 0.25) is 0 Å². The largest absolute Gasteiger partial charge is 0.322 e. The van der Waals surface area contributed by atoms with E-state index in [4.69, 9.17) is 0 Å². The van der Waals surface area contributed by atoms with E-state index in [9.17, 15) is 4.79 Å². The van der Waals surface area contributed by atoms with Crippen molar-refractivity contribution in [1.29, 1.82) is 0 Å². The van der Waals surface area contributed by atoms with E-state index in [2.05, 4.69) is 26.2 Å². The lowest BCUT2D eigenvalue weighted by atomic mass is 10.1. The van der Waals surface area contributed by atoms with Crippen LogP contribution < -0.4 is 5.32 Å². The van der Waals surface area contributed by atoms with Gasteiger partial charge in [-0.15, -0.1) is 0 Å². The molecule has 0 aliphatic heterocycles. The fourth-order valence-electron chi connectivity index (χ4n) is 2.28. The molecule has 0 radical (unpaired) electrons. The van der Waals surface area contributed by atoms with Crippen molar-refractivity contribution in [3.05, 3.63) is 94.2 Å². The Kier molecular flexibility index (Phi) is 4.83. The monoisotopic (exact) mass is 366 g/mol. The molecule has 0 saturated heterocycles. The van der Waals surface area contributed by atoms with Crippen LogP contribution in [0.5, 0.6) is 0 Å². The van der Waals surface area contributed by atoms with E-state index < -0.39 is 0 Å². The molecule has 1 amide bonds. The number of hydrogen-bond acceptors (Lipinski definition) is 2. The molecule has 1 aromatic heterocycles. The number of rotatable bonds is 4. The Balaban J connectivity index is 1.67. The Morgan fingerprint density at radius 3 is 2.35 bits per heavy atom. The second kappa shape index (κ2) is 7.20. The van der Waals surface area contributed by atoms with Gasteiger partial charge in [-0.25, -0.2) is 0 Å². The van der Waals surface area contributed by atoms with Gasteiger partial charge in [0.25, 0.3) is 5.91 Å². The van der Waals surface area contributed by atoms with Crippen LogP contribution in [0, 0.1) is 0 Å². The van der Waals surface area contributed by atoms with E-state index in [-0.39, 0.29) is 5.91 Å². The molecule has 0 fully saturated rings. The Morgan fingerprint density at radius 2 is 1.65 bits per heavy atom. The second-order valence-electron chi connectivity index (χ2n) is 5.19. The molecule has 0 aliphatic rings. The number of carbonyl (C=O) groups is 1. The summed E-state index contributed by atoms with van der Waals surface area (Å²) in [5, 5.41) is 2.91. The van der Waals surface area contributed by atoms with E-state index in [1.165, 1.54) is 11.1 Å². The molecule has 0 atom stereocenters. The molecular weight excluding hydrogens is 352 g/mol. The van der Waals surface area contributed by atoms with Crippen molar-refractivity contribution >= 4 is 27.5 Å². The maximum atomic E-state index is 12.2. The molecule has 2 aromatic carbocycles. The first-order valence-corrected chi connectivity index (χ1v) is 8.05. The molecule has 3 rings (SSSR count). The standard InChI is InChI=1S/C19H15BrN2O/c20-17-3-1-2-16(13-17)19(23)22-18-6-4-14(5-7-18)12-15-8-10-21-11-9-15/h1-11,13H,12H2,(H,22,23). The molecule has 3 nitrogen and oxygen atoms in total. The van der Waals surface area contributed by atoms with Gasteiger partial charge < -0.3 is 5.32 Å². The minimum absolute atomic E-state index is 0.117. The van der Waals surface area contributed by atoms with Gasteiger partial charge in [0.05, 0.1) is 0 Å². The minimum atomic E-state index is -0.117. The van der Waals surface area contributed by atoms with Crippen LogP contribution in [0.15, 0.2) is 77.5 Å². The van der Waals surface area contributed by atoms with Crippen molar-refractivity contribution in [3.8, 4) is 0 Å². The summed E-state index contributed by atoms with van der Waals surface area (Å²) in [5.41, 5.74) is 3.82. The van der Waals surface area contributed by atoms with Gasteiger partial charge in [0.15, 0.2) is 0 Å². The molecule has 0 bridgehead atoms. The van der Waals surface area contributed by atoms with E-state index in [0.29, 0.717) is 5.56 Å². The van der Waals surface area contributed by atoms with Crippen LogP contribution in [0.1, 0.15) is 21.5 Å². The van der Waals surface area contributed by atoms with E-state index in [1.54, 1.807) is 24.5 Å². The average Bonchev–Trinajstić information content (AvgIpc) is 2.57. The minimum Gasteiger partial charge on any atom is -0.322 e. The van der Waals surface area contributed by atoms with Crippen LogP contribution >= 0.6 is 15.9 Å². The van der Waals surface area contributed by atoms with Gasteiger partial charge >= 0.3 is 0 Å². The number of aromatic nitrogens is 1. The highest BCUT2D eigenvalue weighted by atomic mass is 79.9. The first kappa shape index (κ1) is 15.4. The highest BCUT2D eigenvalue weighted by Crippen LogP contribution is 2.16. The topological polar surface area (TPSA) is 42.0 Å². The number of nitrogens with zero attached hydrogens (tertiary/aromatic N) is 1. The molecule has 0 aliphatic carbocycles. The third-order valence-electron chi connectivity index (χ3n) is 3.46. The molecule has 0 spiro atoms. The summed E-state index contributed by atoms with van der Waals surface area (Å²) in [6.07, 6.45) is 4.44. The number of carbonyl (C=O) groups excluding carboxylic acids is 1. The summed E-state index contributed by atoms with van der Waals surface area (Å²) in [6, 6.07) is 19.2. The molecule has 4 heteroatoms. The molecule has 1 N–H and O–H groups in total. The quantitative estimate of drug-likeness (QED) is 0.727. The number of pyridine rings is 1. The van der Waals surface area contributed by atoms with Crippen LogP contribution in [0.3, 0.4) is 0 Å². The zero-order valence-electron chi connectivity index (χ0n) is 12.4. The Labute approximate surface area is 143 Å². The van der Waals surface area contributed by atoms with Gasteiger partial charge in [-0.1, -0.05) is 34.1 Å². The first-order chi connectivity index (χ1) is 11.2. The fraction of sp³-hybridized carbons (Fsp3) is 0.0526. The van der Waals surface area contributed by atoms with Crippen LogP contribution in [0.25, 0.3) is 0 Å². The van der Waals surface area contributed by atoms with Gasteiger partial charge in [0.2, 0.25) is 0 Å². The van der Waals surface area contributed by atoms with Gasteiger partial charge in [-0.3, -0.25) is 9.78 Å². The molecular formula is C19H15BrN2O. The summed E-state index contributed by atoms with van der Waals surface area (Å²) in [6.45, 7) is 0. The van der Waals surface area contributed by atoms with Crippen LogP contribution in [0.4, 0.5) is 5.69 Å². The number of amides is 1. The van der Waals surface area contributed by atoms with Crippen LogP contribution in [-0.4, -0.2) is 10.9 Å². The second-order valence-corrected chi connectivity index (χ2v) is 6.11. The third kappa shape index (κ3) is 4.27. The lowest BCUT2D eigenvalue weighted by Crippen LogP contribution is -2.11. The molecule has 1 heterocycles. The number of anilines is 1. The SMILES string of the molecule is O=C(Nc1ccc(Cc2ccncc2)cc1)c1cccc(Br)c1. The lowest BCUT2D eigenvalue weighted by Gasteiger charge is -2.07. The Morgan fingerprint density at radius 1 is 0.957 bits per heavy atom. The summed E-state index contributed by atoms with van der Waals surface area (Å²) >= 11 is 3.37. The zero-order chi connectivity index (χ0) is 16.1. The molecule has 114 valence electrons. The smallest absolute Gasteiger partial charge is 0.255 e.